The molecule has 2 fully saturated rings. The average Bonchev–Trinajstić information content (AvgIpc) is 2.80. The Hall–Kier alpha value is 0.312. The van der Waals surface area contributed by atoms with Gasteiger partial charge in [0.2, 0.25) is 0 Å². The number of aliphatic hydroxyl groups is 1. The number of hydrogen-bond acceptors (Lipinski definition) is 4. The molecular formula is C20H30AcO4. The minimum atomic E-state index is -0.912. The van der Waals surface area contributed by atoms with Crippen LogP contribution in [0.15, 0.2) is 23.8 Å². The molecule has 5 heteroatoms. The Morgan fingerprint density at radius 1 is 1.36 bits per heavy atom. The molecule has 3 aliphatic rings. The number of esters is 1. The van der Waals surface area contributed by atoms with Gasteiger partial charge in [0.1, 0.15) is 6.10 Å². The first-order chi connectivity index (χ1) is 11.3. The van der Waals surface area contributed by atoms with E-state index in [1.54, 1.807) is 0 Å². The summed E-state index contributed by atoms with van der Waals surface area (Å²) in [7, 11) is 0. The molecule has 0 aromatic heterocycles. The Kier molecular flexibility index (Phi) is 7.39. The van der Waals surface area contributed by atoms with Gasteiger partial charge >= 0.3 is 5.97 Å². The van der Waals surface area contributed by atoms with Crippen LogP contribution in [0.25, 0.3) is 0 Å². The summed E-state index contributed by atoms with van der Waals surface area (Å²) < 4.78 is 11.9. The van der Waals surface area contributed by atoms with E-state index in [0.717, 1.165) is 25.7 Å². The van der Waals surface area contributed by atoms with Crippen LogP contribution in [0, 0.1) is 55.9 Å². The maximum absolute atomic E-state index is 12.0. The van der Waals surface area contributed by atoms with Crippen molar-refractivity contribution in [2.45, 2.75) is 83.2 Å². The summed E-state index contributed by atoms with van der Waals surface area (Å²) in [5, 5.41) is 11.0. The SMILES string of the molecule is C=C1C(=O)OC2C3OC(C[C@@H]12)C(C)(O)CC/C=C(\C)CCCC3C.[Ac]. The molecule has 0 aromatic rings. The first-order valence-electron chi connectivity index (χ1n) is 9.23. The van der Waals surface area contributed by atoms with Crippen LogP contribution >= 0.6 is 0 Å². The number of rotatable bonds is 0. The van der Waals surface area contributed by atoms with Gasteiger partial charge in [-0.3, -0.25) is 0 Å². The van der Waals surface area contributed by atoms with Gasteiger partial charge in [0.25, 0.3) is 0 Å². The Bertz CT molecular complexity index is 554. The van der Waals surface area contributed by atoms with Gasteiger partial charge in [-0.2, -0.15) is 0 Å². The quantitative estimate of drug-likeness (QED) is 0.280. The van der Waals surface area contributed by atoms with E-state index < -0.39 is 5.60 Å². The van der Waals surface area contributed by atoms with Crippen LogP contribution in [0.2, 0.25) is 0 Å². The number of carbonyl (C=O) groups is 1. The van der Waals surface area contributed by atoms with Gasteiger partial charge in [0, 0.05) is 55.6 Å². The normalized spacial score (nSPS) is 44.3. The predicted octanol–water partition coefficient (Wildman–Crippen LogP) is 3.54. The largest absolute Gasteiger partial charge is 0.456 e. The van der Waals surface area contributed by atoms with Gasteiger partial charge in [-0.15, -0.1) is 0 Å². The Labute approximate surface area is 187 Å². The van der Waals surface area contributed by atoms with Crippen LogP contribution in [0.4, 0.5) is 0 Å². The van der Waals surface area contributed by atoms with Crippen LogP contribution in [0.1, 0.15) is 59.3 Å². The van der Waals surface area contributed by atoms with Crippen molar-refractivity contribution in [2.24, 2.45) is 11.8 Å². The van der Waals surface area contributed by atoms with Crippen LogP contribution in [0.3, 0.4) is 0 Å². The van der Waals surface area contributed by atoms with E-state index in [9.17, 15) is 9.90 Å². The van der Waals surface area contributed by atoms with Gasteiger partial charge in [0.05, 0.1) is 17.8 Å². The predicted molar refractivity (Wildman–Crippen MR) is 92.4 cm³/mol. The zero-order chi connectivity index (χ0) is 17.5. The molecule has 2 bridgehead atoms. The number of allylic oxidation sites excluding steroid dienone is 2. The van der Waals surface area contributed by atoms with Crippen molar-refractivity contribution in [3.63, 3.8) is 0 Å². The Balaban J connectivity index is 0.00000225. The van der Waals surface area contributed by atoms with E-state index in [0.29, 0.717) is 18.4 Å². The van der Waals surface area contributed by atoms with Gasteiger partial charge < -0.3 is 14.6 Å². The minimum absolute atomic E-state index is 0. The van der Waals surface area contributed by atoms with Gasteiger partial charge in [0.15, 0.2) is 0 Å². The van der Waals surface area contributed by atoms with Gasteiger partial charge in [-0.25, -0.2) is 4.79 Å². The first kappa shape index (κ1) is 21.6. The summed E-state index contributed by atoms with van der Waals surface area (Å²) in [5.41, 5.74) is 1.03. The third-order valence-corrected chi connectivity index (χ3v) is 6.09. The molecule has 3 heterocycles. The molecule has 0 spiro atoms. The van der Waals surface area contributed by atoms with E-state index in [2.05, 4.69) is 26.5 Å². The molecule has 137 valence electrons. The maximum atomic E-state index is 12.0. The molecule has 1 radical (unpaired) electrons. The third kappa shape index (κ3) is 4.60. The van der Waals surface area contributed by atoms with Gasteiger partial charge in [-0.1, -0.05) is 25.2 Å². The van der Waals surface area contributed by atoms with E-state index >= 15 is 0 Å². The topological polar surface area (TPSA) is 55.8 Å². The summed E-state index contributed by atoms with van der Waals surface area (Å²) in [6, 6.07) is 0. The molecule has 4 nitrogen and oxygen atoms in total. The molecule has 2 saturated heterocycles. The second kappa shape index (κ2) is 8.55. The first-order valence-corrected chi connectivity index (χ1v) is 9.23. The number of ether oxygens (including phenoxy) is 2. The molecule has 6 atom stereocenters. The minimum Gasteiger partial charge on any atom is -0.456 e. The van der Waals surface area contributed by atoms with Crippen LogP contribution < -0.4 is 0 Å². The Morgan fingerprint density at radius 2 is 2.08 bits per heavy atom. The second-order valence-electron chi connectivity index (χ2n) is 8.14. The molecule has 25 heavy (non-hydrogen) atoms. The number of fused-ring (bicyclic) bond motifs is 4. The molecule has 3 aliphatic heterocycles. The number of carbonyl (C=O) groups excluding carboxylic acids is 1. The fraction of sp³-hybridized carbons (Fsp3) is 0.750. The molecule has 0 aliphatic carbocycles. The van der Waals surface area contributed by atoms with Crippen molar-refractivity contribution < 1.29 is 63.4 Å². The zero-order valence-corrected chi connectivity index (χ0v) is 20.4. The van der Waals surface area contributed by atoms with Crippen LogP contribution in [-0.4, -0.2) is 35.0 Å². The molecule has 1 N–H and O–H groups in total. The molecule has 0 aromatic carbocycles. The third-order valence-electron chi connectivity index (χ3n) is 6.09. The smallest absolute Gasteiger partial charge is 0.334 e. The summed E-state index contributed by atoms with van der Waals surface area (Å²) in [4.78, 5) is 12.0. The maximum Gasteiger partial charge on any atom is 0.334 e. The summed E-state index contributed by atoms with van der Waals surface area (Å²) in [5.74, 6) is -0.0506. The Morgan fingerprint density at radius 3 is 2.80 bits per heavy atom. The monoisotopic (exact) mass is 561 g/mol. The fourth-order valence-electron chi connectivity index (χ4n) is 4.36. The van der Waals surface area contributed by atoms with E-state index in [1.807, 2.05) is 6.92 Å². The van der Waals surface area contributed by atoms with Crippen molar-refractivity contribution in [1.29, 1.82) is 0 Å². The summed E-state index contributed by atoms with van der Waals surface area (Å²) in [6.07, 6.45) is 6.87. The molecule has 0 amide bonds. The fourth-order valence-corrected chi connectivity index (χ4v) is 4.36. The standard InChI is InChI=1S/C20H30O4.Ac/c1-12-7-5-9-13(2)17-18-15(14(3)19(21)24-18)11-16(23-17)20(4,22)10-6-8-12;/h8,13,15-18,22H,3,5-7,9-11H2,1-2,4H3;/b12-8+;/t13?,15-,16?,17?,18?,20?;/m0./s1. The van der Waals surface area contributed by atoms with Crippen molar-refractivity contribution in [1.82, 2.24) is 0 Å². The van der Waals surface area contributed by atoms with E-state index in [-0.39, 0.29) is 80.2 Å². The van der Waals surface area contributed by atoms with Gasteiger partial charge in [-0.05, 0) is 58.3 Å². The summed E-state index contributed by atoms with van der Waals surface area (Å²) >= 11 is 0. The molecule has 0 saturated carbocycles. The second-order valence-corrected chi connectivity index (χ2v) is 8.14. The summed E-state index contributed by atoms with van der Waals surface area (Å²) in [6.45, 7) is 10.1. The number of hydrogen-bond donors (Lipinski definition) is 1. The van der Waals surface area contributed by atoms with Crippen molar-refractivity contribution in [3.05, 3.63) is 23.8 Å². The van der Waals surface area contributed by atoms with E-state index in [1.165, 1.54) is 5.57 Å². The molecule has 5 unspecified atom stereocenters. The van der Waals surface area contributed by atoms with E-state index in [4.69, 9.17) is 9.47 Å². The van der Waals surface area contributed by atoms with Crippen molar-refractivity contribution in [2.75, 3.05) is 0 Å². The molecule has 3 rings (SSSR count). The van der Waals surface area contributed by atoms with Crippen molar-refractivity contribution in [3.8, 4) is 0 Å². The zero-order valence-electron chi connectivity index (χ0n) is 15.7. The van der Waals surface area contributed by atoms with Crippen LogP contribution in [-0.2, 0) is 14.3 Å². The average molecular weight is 561 g/mol. The van der Waals surface area contributed by atoms with Crippen molar-refractivity contribution >= 4 is 5.97 Å². The molecular weight excluding hydrogens is 531 g/mol. The van der Waals surface area contributed by atoms with Crippen LogP contribution in [0.5, 0.6) is 0 Å².